The molecule has 1 rings (SSSR count). The lowest BCUT2D eigenvalue weighted by atomic mass is 10.1. The van der Waals surface area contributed by atoms with E-state index in [1.807, 2.05) is 6.92 Å². The molecule has 0 bridgehead atoms. The number of rotatable bonds is 5. The number of hydrogen-bond donors (Lipinski definition) is 1. The van der Waals surface area contributed by atoms with E-state index in [1.165, 1.54) is 6.07 Å². The van der Waals surface area contributed by atoms with Crippen molar-refractivity contribution in [2.45, 2.75) is 39.2 Å². The van der Waals surface area contributed by atoms with Gasteiger partial charge in [0, 0.05) is 0 Å². The number of phenols is 1. The fourth-order valence-electron chi connectivity index (χ4n) is 1.44. The van der Waals surface area contributed by atoms with Gasteiger partial charge in [-0.05, 0) is 25.5 Å². The predicted octanol–water partition coefficient (Wildman–Crippen LogP) is 3.13. The molecule has 0 aliphatic carbocycles. The number of carbonyl (C=O) groups excluding carboxylic acids is 1. The summed E-state index contributed by atoms with van der Waals surface area (Å²) in [5.74, 6) is -0.489. The molecule has 0 aliphatic heterocycles. The summed E-state index contributed by atoms with van der Waals surface area (Å²) in [6, 6.07) is 6.41. The molecule has 0 heterocycles. The lowest BCUT2D eigenvalue weighted by molar-refractivity contribution is 0.0317. The first-order valence-corrected chi connectivity index (χ1v) is 5.64. The molecular formula is C13H18O3. The highest BCUT2D eigenvalue weighted by molar-refractivity contribution is 5.92. The third-order valence-corrected chi connectivity index (χ3v) is 2.40. The summed E-state index contributed by atoms with van der Waals surface area (Å²) in [5.41, 5.74) is 0.228. The zero-order valence-electron chi connectivity index (χ0n) is 9.77. The van der Waals surface area contributed by atoms with E-state index < -0.39 is 5.97 Å². The monoisotopic (exact) mass is 222 g/mol. The molecule has 0 saturated carbocycles. The molecule has 0 amide bonds. The van der Waals surface area contributed by atoms with Crippen LogP contribution in [-0.2, 0) is 4.74 Å². The largest absolute Gasteiger partial charge is 0.507 e. The Bertz CT molecular complexity index is 347. The summed E-state index contributed by atoms with van der Waals surface area (Å²) in [5, 5.41) is 9.47. The maximum Gasteiger partial charge on any atom is 0.342 e. The Morgan fingerprint density at radius 2 is 2.12 bits per heavy atom. The van der Waals surface area contributed by atoms with E-state index in [-0.39, 0.29) is 17.4 Å². The molecular weight excluding hydrogens is 204 g/mol. The van der Waals surface area contributed by atoms with E-state index in [1.54, 1.807) is 18.2 Å². The number of phenolic OH excluding ortho intramolecular Hbond substituents is 1. The van der Waals surface area contributed by atoms with Gasteiger partial charge in [0.15, 0.2) is 0 Å². The number of carbonyl (C=O) groups is 1. The number of esters is 1. The Balaban J connectivity index is 2.56. The molecule has 3 nitrogen and oxygen atoms in total. The first-order valence-electron chi connectivity index (χ1n) is 5.64. The molecule has 1 unspecified atom stereocenters. The SMILES string of the molecule is CCCCC(C)OC(=O)c1ccccc1O. The van der Waals surface area contributed by atoms with Crippen molar-refractivity contribution in [2.75, 3.05) is 0 Å². The lowest BCUT2D eigenvalue weighted by Gasteiger charge is -2.13. The molecule has 1 aromatic carbocycles. The molecule has 1 aromatic rings. The van der Waals surface area contributed by atoms with Crippen LogP contribution in [0.3, 0.4) is 0 Å². The van der Waals surface area contributed by atoms with Gasteiger partial charge in [-0.15, -0.1) is 0 Å². The van der Waals surface area contributed by atoms with Crippen LogP contribution in [0, 0.1) is 0 Å². The average Bonchev–Trinajstić information content (AvgIpc) is 2.26. The first-order chi connectivity index (χ1) is 7.65. The van der Waals surface area contributed by atoms with Gasteiger partial charge in [0.25, 0.3) is 0 Å². The number of para-hydroxylation sites is 1. The van der Waals surface area contributed by atoms with E-state index in [4.69, 9.17) is 4.74 Å². The first kappa shape index (κ1) is 12.6. The number of aromatic hydroxyl groups is 1. The van der Waals surface area contributed by atoms with Gasteiger partial charge in [-0.1, -0.05) is 31.9 Å². The summed E-state index contributed by atoms with van der Waals surface area (Å²) >= 11 is 0. The van der Waals surface area contributed by atoms with Crippen LogP contribution in [0.15, 0.2) is 24.3 Å². The number of hydrogen-bond acceptors (Lipinski definition) is 3. The van der Waals surface area contributed by atoms with Crippen LogP contribution in [-0.4, -0.2) is 17.2 Å². The molecule has 0 spiro atoms. The number of unbranched alkanes of at least 4 members (excludes halogenated alkanes) is 1. The van der Waals surface area contributed by atoms with Crippen molar-refractivity contribution < 1.29 is 14.6 Å². The van der Waals surface area contributed by atoms with Gasteiger partial charge in [0.05, 0.1) is 6.10 Å². The summed E-state index contributed by atoms with van der Waals surface area (Å²) in [6.45, 7) is 3.96. The van der Waals surface area contributed by atoms with Gasteiger partial charge in [0.1, 0.15) is 11.3 Å². The molecule has 1 N–H and O–H groups in total. The maximum atomic E-state index is 11.7. The number of ether oxygens (including phenoxy) is 1. The number of benzene rings is 1. The van der Waals surface area contributed by atoms with Crippen LogP contribution < -0.4 is 0 Å². The Hall–Kier alpha value is -1.51. The van der Waals surface area contributed by atoms with Gasteiger partial charge in [-0.3, -0.25) is 0 Å². The van der Waals surface area contributed by atoms with Crippen molar-refractivity contribution in [3.63, 3.8) is 0 Å². The zero-order valence-corrected chi connectivity index (χ0v) is 9.77. The molecule has 0 aliphatic rings. The molecule has 1 atom stereocenters. The van der Waals surface area contributed by atoms with Crippen molar-refractivity contribution >= 4 is 5.97 Å². The Kier molecular flexibility index (Phi) is 4.83. The lowest BCUT2D eigenvalue weighted by Crippen LogP contribution is -2.15. The molecule has 0 aromatic heterocycles. The molecule has 0 fully saturated rings. The quantitative estimate of drug-likeness (QED) is 0.778. The van der Waals surface area contributed by atoms with Gasteiger partial charge in [-0.2, -0.15) is 0 Å². The van der Waals surface area contributed by atoms with E-state index in [9.17, 15) is 9.90 Å². The van der Waals surface area contributed by atoms with Crippen molar-refractivity contribution in [3.05, 3.63) is 29.8 Å². The van der Waals surface area contributed by atoms with E-state index in [0.29, 0.717) is 0 Å². The summed E-state index contributed by atoms with van der Waals surface area (Å²) < 4.78 is 5.22. The highest BCUT2D eigenvalue weighted by Gasteiger charge is 2.14. The minimum Gasteiger partial charge on any atom is -0.507 e. The van der Waals surface area contributed by atoms with E-state index in [0.717, 1.165) is 19.3 Å². The minimum absolute atomic E-state index is 0.0322. The second-order valence-electron chi connectivity index (χ2n) is 3.88. The third kappa shape index (κ3) is 3.57. The molecule has 16 heavy (non-hydrogen) atoms. The highest BCUT2D eigenvalue weighted by Crippen LogP contribution is 2.18. The Morgan fingerprint density at radius 3 is 2.75 bits per heavy atom. The van der Waals surface area contributed by atoms with Gasteiger partial charge >= 0.3 is 5.97 Å². The predicted molar refractivity (Wildman–Crippen MR) is 62.5 cm³/mol. The van der Waals surface area contributed by atoms with Crippen LogP contribution in [0.2, 0.25) is 0 Å². The van der Waals surface area contributed by atoms with E-state index >= 15 is 0 Å². The smallest absolute Gasteiger partial charge is 0.342 e. The standard InChI is InChI=1S/C13H18O3/c1-3-4-7-10(2)16-13(15)11-8-5-6-9-12(11)14/h5-6,8-10,14H,3-4,7H2,1-2H3. The van der Waals surface area contributed by atoms with Crippen molar-refractivity contribution in [1.82, 2.24) is 0 Å². The molecule has 0 saturated heterocycles. The normalized spacial score (nSPS) is 12.1. The van der Waals surface area contributed by atoms with Crippen molar-refractivity contribution in [3.8, 4) is 5.75 Å². The summed E-state index contributed by atoms with van der Waals surface area (Å²) in [4.78, 5) is 11.7. The van der Waals surface area contributed by atoms with Gasteiger partial charge in [-0.25, -0.2) is 4.79 Å². The van der Waals surface area contributed by atoms with Crippen LogP contribution in [0.25, 0.3) is 0 Å². The van der Waals surface area contributed by atoms with E-state index in [2.05, 4.69) is 6.92 Å². The van der Waals surface area contributed by atoms with Crippen molar-refractivity contribution in [2.24, 2.45) is 0 Å². The maximum absolute atomic E-state index is 11.7. The van der Waals surface area contributed by atoms with Gasteiger partial charge in [0.2, 0.25) is 0 Å². The Labute approximate surface area is 96.1 Å². The highest BCUT2D eigenvalue weighted by atomic mass is 16.5. The third-order valence-electron chi connectivity index (χ3n) is 2.40. The summed E-state index contributed by atoms with van der Waals surface area (Å²) in [7, 11) is 0. The van der Waals surface area contributed by atoms with Gasteiger partial charge < -0.3 is 9.84 Å². The Morgan fingerprint density at radius 1 is 1.44 bits per heavy atom. The molecule has 3 heteroatoms. The zero-order chi connectivity index (χ0) is 12.0. The second-order valence-corrected chi connectivity index (χ2v) is 3.88. The topological polar surface area (TPSA) is 46.5 Å². The van der Waals surface area contributed by atoms with Crippen molar-refractivity contribution in [1.29, 1.82) is 0 Å². The fourth-order valence-corrected chi connectivity index (χ4v) is 1.44. The fraction of sp³-hybridized carbons (Fsp3) is 0.462. The molecule has 0 radical (unpaired) electrons. The molecule has 88 valence electrons. The van der Waals surface area contributed by atoms with Crippen LogP contribution >= 0.6 is 0 Å². The van der Waals surface area contributed by atoms with Crippen LogP contribution in [0.5, 0.6) is 5.75 Å². The minimum atomic E-state index is -0.457. The second kappa shape index (κ2) is 6.16. The average molecular weight is 222 g/mol. The summed E-state index contributed by atoms with van der Waals surface area (Å²) in [6.07, 6.45) is 2.87. The van der Waals surface area contributed by atoms with Crippen LogP contribution in [0.4, 0.5) is 0 Å². The van der Waals surface area contributed by atoms with Crippen LogP contribution in [0.1, 0.15) is 43.5 Å².